The van der Waals surface area contributed by atoms with Gasteiger partial charge in [-0.3, -0.25) is 4.79 Å². The Morgan fingerprint density at radius 1 is 1.63 bits per heavy atom. The van der Waals surface area contributed by atoms with E-state index in [0.717, 1.165) is 18.6 Å². The molecule has 0 bridgehead atoms. The number of hydrogen-bond donors (Lipinski definition) is 1. The van der Waals surface area contributed by atoms with Gasteiger partial charge in [0.1, 0.15) is 10.6 Å². The minimum atomic E-state index is 0.00519. The van der Waals surface area contributed by atoms with Crippen molar-refractivity contribution in [3.63, 3.8) is 0 Å². The van der Waals surface area contributed by atoms with Crippen LogP contribution in [0.25, 0.3) is 0 Å². The fourth-order valence-electron chi connectivity index (χ4n) is 2.07. The standard InChI is InChI=1S/C13H15N3O2S/c1-8-11(19-13(14)15-8)12(17)16(9-4-5-9)7-10-3-2-6-18-10/h2-3,6,9H,4-5,7H2,1H3,(H2,14,15). The summed E-state index contributed by atoms with van der Waals surface area (Å²) < 4.78 is 5.33. The normalized spacial score (nSPS) is 14.6. The maximum Gasteiger partial charge on any atom is 0.266 e. The van der Waals surface area contributed by atoms with Gasteiger partial charge in [0, 0.05) is 6.04 Å². The molecular formula is C13H15N3O2S. The van der Waals surface area contributed by atoms with Gasteiger partial charge in [0.05, 0.1) is 18.5 Å². The van der Waals surface area contributed by atoms with Gasteiger partial charge in [-0.25, -0.2) is 4.98 Å². The zero-order valence-corrected chi connectivity index (χ0v) is 11.4. The molecule has 0 aromatic carbocycles. The van der Waals surface area contributed by atoms with E-state index >= 15 is 0 Å². The molecule has 1 fully saturated rings. The highest BCUT2D eigenvalue weighted by atomic mass is 32.1. The van der Waals surface area contributed by atoms with Crippen molar-refractivity contribution in [1.29, 1.82) is 0 Å². The molecule has 0 aliphatic heterocycles. The largest absolute Gasteiger partial charge is 0.467 e. The number of furan rings is 1. The monoisotopic (exact) mass is 277 g/mol. The molecule has 1 aliphatic rings. The Labute approximate surface area is 115 Å². The first-order chi connectivity index (χ1) is 9.15. The highest BCUT2D eigenvalue weighted by Crippen LogP contribution is 2.32. The molecule has 6 heteroatoms. The van der Waals surface area contributed by atoms with Crippen LogP contribution in [0.1, 0.15) is 34.0 Å². The first kappa shape index (κ1) is 12.2. The molecule has 0 unspecified atom stereocenters. The third kappa shape index (κ3) is 2.49. The predicted octanol–water partition coefficient (Wildman–Crippen LogP) is 2.43. The second-order valence-electron chi connectivity index (χ2n) is 4.71. The number of nitrogens with zero attached hydrogens (tertiary/aromatic N) is 2. The predicted molar refractivity (Wildman–Crippen MR) is 72.9 cm³/mol. The van der Waals surface area contributed by atoms with Crippen LogP contribution in [0.3, 0.4) is 0 Å². The van der Waals surface area contributed by atoms with Gasteiger partial charge < -0.3 is 15.1 Å². The lowest BCUT2D eigenvalue weighted by atomic mass is 10.3. The first-order valence-electron chi connectivity index (χ1n) is 6.21. The second kappa shape index (κ2) is 4.70. The van der Waals surface area contributed by atoms with Crippen LogP contribution in [0.2, 0.25) is 0 Å². The number of nitrogens with two attached hydrogens (primary N) is 1. The van der Waals surface area contributed by atoms with Crippen LogP contribution in [0.5, 0.6) is 0 Å². The average Bonchev–Trinajstić information content (AvgIpc) is 2.97. The molecule has 19 heavy (non-hydrogen) atoms. The van der Waals surface area contributed by atoms with Gasteiger partial charge in [0.2, 0.25) is 0 Å². The van der Waals surface area contributed by atoms with Crippen molar-refractivity contribution in [3.05, 3.63) is 34.7 Å². The SMILES string of the molecule is Cc1nc(N)sc1C(=O)N(Cc1ccco1)C1CC1. The van der Waals surface area contributed by atoms with E-state index in [2.05, 4.69) is 4.98 Å². The third-order valence-corrected chi connectivity index (χ3v) is 4.14. The second-order valence-corrected chi connectivity index (χ2v) is 5.74. The molecule has 100 valence electrons. The molecule has 1 aliphatic carbocycles. The molecule has 0 spiro atoms. The minimum Gasteiger partial charge on any atom is -0.467 e. The topological polar surface area (TPSA) is 72.4 Å². The average molecular weight is 277 g/mol. The van der Waals surface area contributed by atoms with Crippen molar-refractivity contribution in [2.45, 2.75) is 32.4 Å². The number of amides is 1. The maximum atomic E-state index is 12.6. The van der Waals surface area contributed by atoms with Crippen LogP contribution in [-0.4, -0.2) is 21.8 Å². The fourth-order valence-corrected chi connectivity index (χ4v) is 2.86. The molecule has 2 N–H and O–H groups in total. The Kier molecular flexibility index (Phi) is 3.02. The molecule has 0 radical (unpaired) electrons. The Bertz CT molecular complexity index is 587. The number of nitrogen functional groups attached to an aromatic ring is 1. The highest BCUT2D eigenvalue weighted by Gasteiger charge is 2.35. The van der Waals surface area contributed by atoms with Crippen molar-refractivity contribution < 1.29 is 9.21 Å². The number of carbonyl (C=O) groups excluding carboxylic acids is 1. The Morgan fingerprint density at radius 3 is 2.95 bits per heavy atom. The van der Waals surface area contributed by atoms with E-state index < -0.39 is 0 Å². The zero-order valence-electron chi connectivity index (χ0n) is 10.6. The summed E-state index contributed by atoms with van der Waals surface area (Å²) in [6.07, 6.45) is 3.74. The van der Waals surface area contributed by atoms with E-state index in [0.29, 0.717) is 28.3 Å². The van der Waals surface area contributed by atoms with Crippen LogP contribution in [0, 0.1) is 6.92 Å². The van der Waals surface area contributed by atoms with Crippen LogP contribution in [0.4, 0.5) is 5.13 Å². The van der Waals surface area contributed by atoms with Crippen LogP contribution >= 0.6 is 11.3 Å². The highest BCUT2D eigenvalue weighted by molar-refractivity contribution is 7.17. The molecule has 2 aromatic rings. The summed E-state index contributed by atoms with van der Waals surface area (Å²) in [5, 5.41) is 0.439. The van der Waals surface area contributed by atoms with E-state index in [1.807, 2.05) is 24.0 Å². The fraction of sp³-hybridized carbons (Fsp3) is 0.385. The summed E-state index contributed by atoms with van der Waals surface area (Å²) in [5.74, 6) is 0.806. The van der Waals surface area contributed by atoms with Crippen LogP contribution in [0.15, 0.2) is 22.8 Å². The summed E-state index contributed by atoms with van der Waals surface area (Å²) >= 11 is 1.25. The lowest BCUT2D eigenvalue weighted by Gasteiger charge is -2.20. The molecule has 0 saturated heterocycles. The molecular weight excluding hydrogens is 262 g/mol. The van der Waals surface area contributed by atoms with Crippen molar-refractivity contribution in [3.8, 4) is 0 Å². The molecule has 2 aromatic heterocycles. The van der Waals surface area contributed by atoms with E-state index in [1.165, 1.54) is 11.3 Å². The number of carbonyl (C=O) groups is 1. The summed E-state index contributed by atoms with van der Waals surface area (Å²) in [4.78, 5) is 19.2. The molecule has 1 amide bonds. The molecule has 1 saturated carbocycles. The van der Waals surface area contributed by atoms with Gasteiger partial charge >= 0.3 is 0 Å². The minimum absolute atomic E-state index is 0.00519. The molecule has 3 rings (SSSR count). The van der Waals surface area contributed by atoms with Crippen molar-refractivity contribution in [2.75, 3.05) is 5.73 Å². The quantitative estimate of drug-likeness (QED) is 0.931. The van der Waals surface area contributed by atoms with Crippen LogP contribution < -0.4 is 5.73 Å². The zero-order chi connectivity index (χ0) is 13.4. The Balaban J connectivity index is 1.84. The first-order valence-corrected chi connectivity index (χ1v) is 7.03. The van der Waals surface area contributed by atoms with Gasteiger partial charge in [-0.2, -0.15) is 0 Å². The molecule has 5 nitrogen and oxygen atoms in total. The Morgan fingerprint density at radius 2 is 2.42 bits per heavy atom. The maximum absolute atomic E-state index is 12.6. The van der Waals surface area contributed by atoms with Gasteiger partial charge in [0.25, 0.3) is 5.91 Å². The van der Waals surface area contributed by atoms with Gasteiger partial charge in [-0.1, -0.05) is 11.3 Å². The van der Waals surface area contributed by atoms with E-state index in [1.54, 1.807) is 6.26 Å². The number of aromatic nitrogens is 1. The third-order valence-electron chi connectivity index (χ3n) is 3.16. The lowest BCUT2D eigenvalue weighted by molar-refractivity contribution is 0.0721. The van der Waals surface area contributed by atoms with Gasteiger partial charge in [-0.15, -0.1) is 0 Å². The number of thiazole rings is 1. The number of hydrogen-bond acceptors (Lipinski definition) is 5. The van der Waals surface area contributed by atoms with Crippen molar-refractivity contribution >= 4 is 22.4 Å². The summed E-state index contributed by atoms with van der Waals surface area (Å²) in [6, 6.07) is 4.04. The smallest absolute Gasteiger partial charge is 0.266 e. The van der Waals surface area contributed by atoms with Crippen molar-refractivity contribution in [1.82, 2.24) is 9.88 Å². The van der Waals surface area contributed by atoms with Crippen molar-refractivity contribution in [2.24, 2.45) is 0 Å². The van der Waals surface area contributed by atoms with Gasteiger partial charge in [-0.05, 0) is 31.9 Å². The molecule has 0 atom stereocenters. The van der Waals surface area contributed by atoms with Gasteiger partial charge in [0.15, 0.2) is 5.13 Å². The Hall–Kier alpha value is -1.82. The summed E-state index contributed by atoms with van der Waals surface area (Å²) in [6.45, 7) is 2.33. The van der Waals surface area contributed by atoms with E-state index in [4.69, 9.17) is 10.2 Å². The lowest BCUT2D eigenvalue weighted by Crippen LogP contribution is -2.32. The van der Waals surface area contributed by atoms with Crippen LogP contribution in [-0.2, 0) is 6.54 Å². The van der Waals surface area contributed by atoms with E-state index in [-0.39, 0.29) is 5.91 Å². The number of anilines is 1. The number of aryl methyl sites for hydroxylation is 1. The molecule has 2 heterocycles. The summed E-state index contributed by atoms with van der Waals surface area (Å²) in [7, 11) is 0. The van der Waals surface area contributed by atoms with E-state index in [9.17, 15) is 4.79 Å². The summed E-state index contributed by atoms with van der Waals surface area (Å²) in [5.41, 5.74) is 6.37. The number of rotatable bonds is 4.